The highest BCUT2D eigenvalue weighted by Crippen LogP contribution is 2.20. The van der Waals surface area contributed by atoms with Gasteiger partial charge in [0.15, 0.2) is 0 Å². The van der Waals surface area contributed by atoms with Crippen molar-refractivity contribution < 1.29 is 22.7 Å². The van der Waals surface area contributed by atoms with Gasteiger partial charge in [-0.2, -0.15) is 4.31 Å². The second-order valence-corrected chi connectivity index (χ2v) is 10.00. The molecule has 33 heavy (non-hydrogen) atoms. The van der Waals surface area contributed by atoms with Crippen molar-refractivity contribution in [2.24, 2.45) is 0 Å². The first-order valence-electron chi connectivity index (χ1n) is 10.1. The largest absolute Gasteiger partial charge is 0.465 e. The zero-order valence-electron chi connectivity index (χ0n) is 17.9. The Morgan fingerprint density at radius 3 is 2.18 bits per heavy atom. The summed E-state index contributed by atoms with van der Waals surface area (Å²) in [7, 11) is -2.62. The van der Waals surface area contributed by atoms with Gasteiger partial charge >= 0.3 is 5.97 Å². The summed E-state index contributed by atoms with van der Waals surface area (Å²) in [6, 6.07) is 21.9. The van der Waals surface area contributed by atoms with Crippen LogP contribution in [0.3, 0.4) is 0 Å². The molecule has 0 saturated carbocycles. The molecule has 0 spiro atoms. The molecule has 0 saturated heterocycles. The van der Waals surface area contributed by atoms with Crippen molar-refractivity contribution in [2.75, 3.05) is 25.5 Å². The minimum Gasteiger partial charge on any atom is -0.465 e. The molecule has 0 unspecified atom stereocenters. The molecule has 172 valence electrons. The number of nitrogens with zero attached hydrogens (tertiary/aromatic N) is 1. The number of methoxy groups -OCH3 is 1. The number of esters is 1. The van der Waals surface area contributed by atoms with E-state index in [0.717, 1.165) is 10.0 Å². The fourth-order valence-electron chi connectivity index (χ4n) is 3.11. The van der Waals surface area contributed by atoms with Crippen LogP contribution in [0.1, 0.15) is 15.9 Å². The average molecular weight is 531 g/mol. The third kappa shape index (κ3) is 6.74. The Morgan fingerprint density at radius 2 is 1.58 bits per heavy atom. The second kappa shape index (κ2) is 11.2. The standard InChI is InChI=1S/C24H23BrN2O5S/c1-32-24(29)19-7-11-21(12-8-19)26-23(28)17-27(16-15-18-5-3-2-4-6-18)33(30,31)22-13-9-20(25)10-14-22/h2-14H,15-17H2,1H3,(H,26,28). The number of nitrogens with one attached hydrogen (secondary N) is 1. The van der Waals surface area contributed by atoms with E-state index >= 15 is 0 Å². The van der Waals surface area contributed by atoms with E-state index in [4.69, 9.17) is 0 Å². The summed E-state index contributed by atoms with van der Waals surface area (Å²) >= 11 is 3.30. The molecule has 3 aromatic carbocycles. The van der Waals surface area contributed by atoms with Gasteiger partial charge in [0.05, 0.1) is 24.1 Å². The fraction of sp³-hybridized carbons (Fsp3) is 0.167. The third-order valence-electron chi connectivity index (χ3n) is 4.85. The van der Waals surface area contributed by atoms with E-state index < -0.39 is 21.9 Å². The second-order valence-electron chi connectivity index (χ2n) is 7.15. The molecule has 3 aromatic rings. The van der Waals surface area contributed by atoms with Gasteiger partial charge in [0, 0.05) is 16.7 Å². The molecule has 1 amide bonds. The Labute approximate surface area is 201 Å². The van der Waals surface area contributed by atoms with Crippen molar-refractivity contribution in [3.63, 3.8) is 0 Å². The van der Waals surface area contributed by atoms with Crippen LogP contribution in [0.4, 0.5) is 5.69 Å². The fourth-order valence-corrected chi connectivity index (χ4v) is 4.77. The molecule has 0 aromatic heterocycles. The van der Waals surface area contributed by atoms with Crippen molar-refractivity contribution in [3.05, 3.63) is 94.5 Å². The van der Waals surface area contributed by atoms with Crippen molar-refractivity contribution in [1.29, 1.82) is 0 Å². The number of sulfonamides is 1. The maximum absolute atomic E-state index is 13.3. The van der Waals surface area contributed by atoms with Crippen molar-refractivity contribution in [1.82, 2.24) is 4.31 Å². The van der Waals surface area contributed by atoms with E-state index in [2.05, 4.69) is 26.0 Å². The summed E-state index contributed by atoms with van der Waals surface area (Å²) in [5, 5.41) is 2.68. The maximum atomic E-state index is 13.3. The number of rotatable bonds is 9. The number of carbonyl (C=O) groups excluding carboxylic acids is 2. The van der Waals surface area contributed by atoms with Crippen molar-refractivity contribution in [3.8, 4) is 0 Å². The summed E-state index contributed by atoms with van der Waals surface area (Å²) in [5.74, 6) is -0.977. The van der Waals surface area contributed by atoms with Gasteiger partial charge in [0.1, 0.15) is 0 Å². The van der Waals surface area contributed by atoms with E-state index in [-0.39, 0.29) is 18.0 Å². The minimum absolute atomic E-state index is 0.106. The first-order chi connectivity index (χ1) is 15.8. The molecule has 0 heterocycles. The molecule has 0 radical (unpaired) electrons. The number of benzene rings is 3. The van der Waals surface area contributed by atoms with E-state index in [0.29, 0.717) is 17.7 Å². The lowest BCUT2D eigenvalue weighted by molar-refractivity contribution is -0.116. The predicted molar refractivity (Wildman–Crippen MR) is 129 cm³/mol. The van der Waals surface area contributed by atoms with Gasteiger partial charge < -0.3 is 10.1 Å². The monoisotopic (exact) mass is 530 g/mol. The van der Waals surface area contributed by atoms with Crippen molar-refractivity contribution in [2.45, 2.75) is 11.3 Å². The lowest BCUT2D eigenvalue weighted by Gasteiger charge is -2.22. The van der Waals surface area contributed by atoms with Gasteiger partial charge in [-0.15, -0.1) is 0 Å². The van der Waals surface area contributed by atoms with Crippen LogP contribution in [-0.2, 0) is 26.0 Å². The number of amides is 1. The molecule has 0 aliphatic rings. The van der Waals surface area contributed by atoms with Crippen LogP contribution in [0, 0.1) is 0 Å². The van der Waals surface area contributed by atoms with Gasteiger partial charge in [-0.25, -0.2) is 13.2 Å². The third-order valence-corrected chi connectivity index (χ3v) is 7.24. The van der Waals surface area contributed by atoms with Crippen LogP contribution in [0.2, 0.25) is 0 Å². The van der Waals surface area contributed by atoms with Gasteiger partial charge in [-0.05, 0) is 60.5 Å². The van der Waals surface area contributed by atoms with Gasteiger partial charge in [0.25, 0.3) is 0 Å². The normalized spacial score (nSPS) is 11.2. The zero-order valence-corrected chi connectivity index (χ0v) is 20.3. The van der Waals surface area contributed by atoms with Crippen LogP contribution in [0.15, 0.2) is 88.2 Å². The topological polar surface area (TPSA) is 92.8 Å². The highest BCUT2D eigenvalue weighted by Gasteiger charge is 2.26. The zero-order chi connectivity index (χ0) is 23.8. The Kier molecular flexibility index (Phi) is 8.37. The van der Waals surface area contributed by atoms with E-state index in [1.807, 2.05) is 30.3 Å². The highest BCUT2D eigenvalue weighted by atomic mass is 79.9. The molecule has 0 bridgehead atoms. The molecular weight excluding hydrogens is 508 g/mol. The average Bonchev–Trinajstić information content (AvgIpc) is 2.82. The number of anilines is 1. The lowest BCUT2D eigenvalue weighted by Crippen LogP contribution is -2.39. The van der Waals surface area contributed by atoms with E-state index in [1.54, 1.807) is 24.3 Å². The summed E-state index contributed by atoms with van der Waals surface area (Å²) in [6.45, 7) is -0.221. The summed E-state index contributed by atoms with van der Waals surface area (Å²) in [5.41, 5.74) is 1.75. The summed E-state index contributed by atoms with van der Waals surface area (Å²) in [6.07, 6.45) is 0.456. The molecule has 0 atom stereocenters. The maximum Gasteiger partial charge on any atom is 0.337 e. The molecule has 1 N–H and O–H groups in total. The van der Waals surface area contributed by atoms with Crippen LogP contribution in [0.5, 0.6) is 0 Å². The number of hydrogen-bond acceptors (Lipinski definition) is 5. The van der Waals surface area contributed by atoms with Crippen LogP contribution >= 0.6 is 15.9 Å². The Balaban J connectivity index is 1.77. The molecule has 0 aliphatic carbocycles. The van der Waals surface area contributed by atoms with Crippen LogP contribution < -0.4 is 5.32 Å². The quantitative estimate of drug-likeness (QED) is 0.420. The minimum atomic E-state index is -3.91. The Hall–Kier alpha value is -3.01. The van der Waals surface area contributed by atoms with Crippen molar-refractivity contribution >= 4 is 43.5 Å². The number of hydrogen-bond donors (Lipinski definition) is 1. The smallest absolute Gasteiger partial charge is 0.337 e. The van der Waals surface area contributed by atoms with E-state index in [9.17, 15) is 18.0 Å². The number of halogens is 1. The Bertz CT molecular complexity index is 1200. The summed E-state index contributed by atoms with van der Waals surface area (Å²) in [4.78, 5) is 24.4. The van der Waals surface area contributed by atoms with E-state index in [1.165, 1.54) is 35.7 Å². The first kappa shape index (κ1) is 24.6. The highest BCUT2D eigenvalue weighted by molar-refractivity contribution is 9.10. The molecule has 9 heteroatoms. The molecule has 3 rings (SSSR count). The number of ether oxygens (including phenoxy) is 1. The van der Waals surface area contributed by atoms with Gasteiger partial charge in [-0.1, -0.05) is 46.3 Å². The van der Waals surface area contributed by atoms with Crippen LogP contribution in [-0.4, -0.2) is 44.8 Å². The predicted octanol–water partition coefficient (Wildman–Crippen LogP) is 4.11. The van der Waals surface area contributed by atoms with Crippen LogP contribution in [0.25, 0.3) is 0 Å². The molecule has 7 nitrogen and oxygen atoms in total. The Morgan fingerprint density at radius 1 is 0.939 bits per heavy atom. The number of carbonyl (C=O) groups is 2. The molecule has 0 fully saturated rings. The first-order valence-corrected chi connectivity index (χ1v) is 12.3. The van der Waals surface area contributed by atoms with Gasteiger partial charge in [0.2, 0.25) is 15.9 Å². The molecular formula is C24H23BrN2O5S. The SMILES string of the molecule is COC(=O)c1ccc(NC(=O)CN(CCc2ccccc2)S(=O)(=O)c2ccc(Br)cc2)cc1. The molecule has 0 aliphatic heterocycles. The summed E-state index contributed by atoms with van der Waals surface area (Å²) < 4.78 is 33.2. The lowest BCUT2D eigenvalue weighted by atomic mass is 10.1. The van der Waals surface area contributed by atoms with Gasteiger partial charge in [-0.3, -0.25) is 4.79 Å².